The van der Waals surface area contributed by atoms with Gasteiger partial charge in [-0.2, -0.15) is 0 Å². The summed E-state index contributed by atoms with van der Waals surface area (Å²) in [4.78, 5) is 22.7. The Hall–Kier alpha value is -2.55. The number of hydrogen-bond donors (Lipinski definition) is 1. The summed E-state index contributed by atoms with van der Waals surface area (Å²) in [6.45, 7) is 4.15. The Kier molecular flexibility index (Phi) is 5.80. The average Bonchev–Trinajstić information content (AvgIpc) is 3.03. The summed E-state index contributed by atoms with van der Waals surface area (Å²) in [6, 6.07) is 4.03. The van der Waals surface area contributed by atoms with E-state index in [1.165, 1.54) is 36.6 Å². The van der Waals surface area contributed by atoms with Crippen LogP contribution in [0.25, 0.3) is 0 Å². The van der Waals surface area contributed by atoms with Gasteiger partial charge in [0.05, 0.1) is 12.0 Å². The lowest BCUT2D eigenvalue weighted by Crippen LogP contribution is -2.12. The Bertz CT molecular complexity index is 747. The van der Waals surface area contributed by atoms with E-state index in [0.717, 1.165) is 17.8 Å². The molecule has 2 rings (SSSR count). The van der Waals surface area contributed by atoms with E-state index in [1.54, 1.807) is 0 Å². The number of nitro benzene ring substituents is 1. The molecule has 0 bridgehead atoms. The van der Waals surface area contributed by atoms with Gasteiger partial charge >= 0.3 is 5.69 Å². The standard InChI is InChI=1S/C15H18N4O4S/c1-4-5-9(2)14-17-18-15(24-14)16-13(20)10-6-7-12(23-3)11(8-10)19(21)22/h6-9H,4-5H2,1-3H3,(H,16,18,20)/t9-/m1/s1. The molecule has 1 atom stereocenters. The van der Waals surface area contributed by atoms with Crippen LogP contribution in [0.5, 0.6) is 5.75 Å². The fourth-order valence-electron chi connectivity index (χ4n) is 2.18. The lowest BCUT2D eigenvalue weighted by molar-refractivity contribution is -0.385. The Morgan fingerprint density at radius 1 is 1.46 bits per heavy atom. The van der Waals surface area contributed by atoms with Gasteiger partial charge in [0.25, 0.3) is 5.91 Å². The number of anilines is 1. The van der Waals surface area contributed by atoms with Crippen LogP contribution in [0.1, 0.15) is 48.0 Å². The third kappa shape index (κ3) is 4.05. The molecule has 0 aliphatic rings. The fraction of sp³-hybridized carbons (Fsp3) is 0.400. The van der Waals surface area contributed by atoms with Gasteiger partial charge in [-0.1, -0.05) is 31.6 Å². The molecule has 0 aliphatic carbocycles. The van der Waals surface area contributed by atoms with Crippen LogP contribution in [0.15, 0.2) is 18.2 Å². The molecule has 9 heteroatoms. The largest absolute Gasteiger partial charge is 0.490 e. The van der Waals surface area contributed by atoms with Crippen LogP contribution in [0.4, 0.5) is 10.8 Å². The second kappa shape index (κ2) is 7.82. The number of amides is 1. The molecule has 128 valence electrons. The summed E-state index contributed by atoms with van der Waals surface area (Å²) in [6.07, 6.45) is 2.03. The van der Waals surface area contributed by atoms with Crippen LogP contribution in [0.2, 0.25) is 0 Å². The smallest absolute Gasteiger partial charge is 0.311 e. The first kappa shape index (κ1) is 17.8. The summed E-state index contributed by atoms with van der Waals surface area (Å²) >= 11 is 1.31. The van der Waals surface area contributed by atoms with Gasteiger partial charge in [0.1, 0.15) is 5.01 Å². The summed E-state index contributed by atoms with van der Waals surface area (Å²) in [5.41, 5.74) is -0.111. The summed E-state index contributed by atoms with van der Waals surface area (Å²) < 4.78 is 4.92. The van der Waals surface area contributed by atoms with Crippen LogP contribution < -0.4 is 10.1 Å². The molecule has 1 aromatic heterocycles. The minimum atomic E-state index is -0.592. The molecule has 8 nitrogen and oxygen atoms in total. The van der Waals surface area contributed by atoms with Crippen molar-refractivity contribution in [2.24, 2.45) is 0 Å². The summed E-state index contributed by atoms with van der Waals surface area (Å²) in [7, 11) is 1.34. The number of rotatable bonds is 7. The van der Waals surface area contributed by atoms with E-state index in [-0.39, 0.29) is 22.9 Å². The molecule has 0 saturated carbocycles. The number of carbonyl (C=O) groups is 1. The van der Waals surface area contributed by atoms with E-state index in [4.69, 9.17) is 4.74 Å². The third-order valence-electron chi connectivity index (χ3n) is 3.44. The monoisotopic (exact) mass is 350 g/mol. The van der Waals surface area contributed by atoms with Gasteiger partial charge in [-0.15, -0.1) is 10.2 Å². The molecule has 24 heavy (non-hydrogen) atoms. The van der Waals surface area contributed by atoms with Crippen molar-refractivity contribution in [1.82, 2.24) is 10.2 Å². The van der Waals surface area contributed by atoms with Crippen molar-refractivity contribution in [3.63, 3.8) is 0 Å². The topological polar surface area (TPSA) is 107 Å². The molecular formula is C15H18N4O4S. The zero-order valence-electron chi connectivity index (χ0n) is 13.6. The number of ether oxygens (including phenoxy) is 1. The van der Waals surface area contributed by atoms with E-state index < -0.39 is 10.8 Å². The first-order valence-corrected chi connectivity index (χ1v) is 8.25. The Morgan fingerprint density at radius 3 is 2.83 bits per heavy atom. The lowest BCUT2D eigenvalue weighted by Gasteiger charge is -2.05. The van der Waals surface area contributed by atoms with E-state index in [2.05, 4.69) is 29.4 Å². The summed E-state index contributed by atoms with van der Waals surface area (Å²) in [5, 5.41) is 22.9. The maximum Gasteiger partial charge on any atom is 0.311 e. The highest BCUT2D eigenvalue weighted by Crippen LogP contribution is 2.29. The number of nitrogens with zero attached hydrogens (tertiary/aromatic N) is 3. The second-order valence-electron chi connectivity index (χ2n) is 5.23. The highest BCUT2D eigenvalue weighted by molar-refractivity contribution is 7.15. The minimum absolute atomic E-state index is 0.100. The van der Waals surface area contributed by atoms with Gasteiger partial charge in [-0.05, 0) is 18.6 Å². The average molecular weight is 350 g/mol. The van der Waals surface area contributed by atoms with Crippen molar-refractivity contribution in [3.05, 3.63) is 38.9 Å². The molecule has 2 aromatic rings. The number of carbonyl (C=O) groups excluding carboxylic acids is 1. The van der Waals surface area contributed by atoms with Crippen LogP contribution in [-0.2, 0) is 0 Å². The molecule has 0 saturated heterocycles. The molecular weight excluding hydrogens is 332 g/mol. The number of benzene rings is 1. The molecule has 0 unspecified atom stereocenters. The predicted octanol–water partition coefficient (Wildman–Crippen LogP) is 3.61. The van der Waals surface area contributed by atoms with Gasteiger partial charge in [0.15, 0.2) is 5.75 Å². The number of nitrogens with one attached hydrogen (secondary N) is 1. The van der Waals surface area contributed by atoms with Gasteiger partial charge in [0.2, 0.25) is 5.13 Å². The van der Waals surface area contributed by atoms with Crippen molar-refractivity contribution in [1.29, 1.82) is 0 Å². The normalized spacial score (nSPS) is 11.8. The van der Waals surface area contributed by atoms with Gasteiger partial charge < -0.3 is 4.74 Å². The Morgan fingerprint density at radius 2 is 2.21 bits per heavy atom. The second-order valence-corrected chi connectivity index (χ2v) is 6.24. The van der Waals surface area contributed by atoms with Crippen molar-refractivity contribution >= 4 is 28.1 Å². The molecule has 1 amide bonds. The molecule has 0 radical (unpaired) electrons. The Labute approximate surface area is 143 Å². The highest BCUT2D eigenvalue weighted by atomic mass is 32.1. The van der Waals surface area contributed by atoms with Crippen LogP contribution >= 0.6 is 11.3 Å². The predicted molar refractivity (Wildman–Crippen MR) is 90.8 cm³/mol. The van der Waals surface area contributed by atoms with E-state index >= 15 is 0 Å². The van der Waals surface area contributed by atoms with Gasteiger partial charge in [-0.25, -0.2) is 0 Å². The van der Waals surface area contributed by atoms with E-state index in [9.17, 15) is 14.9 Å². The van der Waals surface area contributed by atoms with E-state index in [0.29, 0.717) is 5.13 Å². The maximum atomic E-state index is 12.3. The minimum Gasteiger partial charge on any atom is -0.490 e. The summed E-state index contributed by atoms with van der Waals surface area (Å²) in [5.74, 6) is -0.102. The van der Waals surface area contributed by atoms with Crippen molar-refractivity contribution in [2.75, 3.05) is 12.4 Å². The highest BCUT2D eigenvalue weighted by Gasteiger charge is 2.19. The fourth-order valence-corrected chi connectivity index (χ4v) is 3.01. The SMILES string of the molecule is CCC[C@@H](C)c1nnc(NC(=O)c2ccc(OC)c([N+](=O)[O-])c2)s1. The van der Waals surface area contributed by atoms with Gasteiger partial charge in [0, 0.05) is 17.5 Å². The van der Waals surface area contributed by atoms with Gasteiger partial charge in [-0.3, -0.25) is 20.2 Å². The number of nitro groups is 1. The Balaban J connectivity index is 2.15. The third-order valence-corrected chi connectivity index (χ3v) is 4.51. The van der Waals surface area contributed by atoms with Crippen LogP contribution in [0.3, 0.4) is 0 Å². The van der Waals surface area contributed by atoms with E-state index in [1.807, 2.05) is 0 Å². The molecule has 1 N–H and O–H groups in total. The lowest BCUT2D eigenvalue weighted by atomic mass is 10.1. The molecule has 1 aromatic carbocycles. The molecule has 0 spiro atoms. The maximum absolute atomic E-state index is 12.3. The quantitative estimate of drug-likeness (QED) is 0.604. The first-order chi connectivity index (χ1) is 11.5. The number of hydrogen-bond acceptors (Lipinski definition) is 7. The number of aromatic nitrogens is 2. The first-order valence-electron chi connectivity index (χ1n) is 7.43. The zero-order chi connectivity index (χ0) is 17.7. The zero-order valence-corrected chi connectivity index (χ0v) is 14.4. The number of methoxy groups -OCH3 is 1. The molecule has 0 fully saturated rings. The molecule has 0 aliphatic heterocycles. The molecule has 1 heterocycles. The van der Waals surface area contributed by atoms with Crippen molar-refractivity contribution < 1.29 is 14.5 Å². The van der Waals surface area contributed by atoms with Crippen molar-refractivity contribution in [3.8, 4) is 5.75 Å². The van der Waals surface area contributed by atoms with Crippen LogP contribution in [-0.4, -0.2) is 28.1 Å². The van der Waals surface area contributed by atoms with Crippen LogP contribution in [0, 0.1) is 10.1 Å². The van der Waals surface area contributed by atoms with Crippen molar-refractivity contribution in [2.45, 2.75) is 32.6 Å².